The quantitative estimate of drug-likeness (QED) is 0.886. The number of aromatic nitrogens is 1. The van der Waals surface area contributed by atoms with Crippen LogP contribution in [0.15, 0.2) is 36.7 Å². The lowest BCUT2D eigenvalue weighted by atomic mass is 10.1. The number of ether oxygens (including phenoxy) is 2. The molecule has 0 radical (unpaired) electrons. The number of nitrogens with one attached hydrogen (secondary N) is 1. The molecule has 4 heteroatoms. The summed E-state index contributed by atoms with van der Waals surface area (Å²) in [5.41, 5.74) is 1.92. The lowest BCUT2D eigenvalue weighted by Gasteiger charge is -2.23. The van der Waals surface area contributed by atoms with Gasteiger partial charge in [-0.25, -0.2) is 0 Å². The van der Waals surface area contributed by atoms with Crippen LogP contribution in [0, 0.1) is 11.8 Å². The molecule has 0 amide bonds. The third-order valence-electron chi connectivity index (χ3n) is 4.15. The van der Waals surface area contributed by atoms with Crippen LogP contribution in [0.3, 0.4) is 0 Å². The highest BCUT2D eigenvalue weighted by Gasteiger charge is 2.13. The van der Waals surface area contributed by atoms with Crippen LogP contribution in [0.4, 0.5) is 0 Å². The molecule has 1 saturated heterocycles. The molecule has 0 atom stereocenters. The maximum atomic E-state index is 5.28. The van der Waals surface area contributed by atoms with E-state index in [0.29, 0.717) is 6.04 Å². The normalized spacial score (nSPS) is 14.9. The zero-order chi connectivity index (χ0) is 16.1. The Morgan fingerprint density at radius 1 is 1.00 bits per heavy atom. The molecule has 1 fully saturated rings. The highest BCUT2D eigenvalue weighted by atomic mass is 16.5. The Morgan fingerprint density at radius 2 is 1.65 bits per heavy atom. The molecule has 0 aliphatic carbocycles. The van der Waals surface area contributed by atoms with Crippen LogP contribution in [-0.4, -0.2) is 31.9 Å². The molecule has 1 aliphatic heterocycles. The van der Waals surface area contributed by atoms with E-state index in [1.165, 1.54) is 12.8 Å². The van der Waals surface area contributed by atoms with Gasteiger partial charge in [-0.1, -0.05) is 11.8 Å². The minimum atomic E-state index is 0.587. The number of hydrogen-bond donors (Lipinski definition) is 1. The van der Waals surface area contributed by atoms with Crippen LogP contribution >= 0.6 is 0 Å². The second kappa shape index (κ2) is 7.26. The summed E-state index contributed by atoms with van der Waals surface area (Å²) in [6, 6.07) is 8.34. The van der Waals surface area contributed by atoms with E-state index in [0.717, 1.165) is 35.7 Å². The Bertz CT molecular complexity index is 696. The van der Waals surface area contributed by atoms with E-state index < -0.39 is 0 Å². The van der Waals surface area contributed by atoms with Gasteiger partial charge in [-0.2, -0.15) is 0 Å². The Hall–Kier alpha value is -2.38. The van der Waals surface area contributed by atoms with Crippen molar-refractivity contribution < 1.29 is 9.47 Å². The second-order valence-electron chi connectivity index (χ2n) is 5.68. The largest absolute Gasteiger partial charge is 0.497 e. The zero-order valence-corrected chi connectivity index (χ0v) is 13.6. The van der Waals surface area contributed by atoms with E-state index in [2.05, 4.69) is 40.2 Å². The minimum Gasteiger partial charge on any atom is -0.497 e. The van der Waals surface area contributed by atoms with Crippen LogP contribution < -0.4 is 14.8 Å². The molecular weight excluding hydrogens is 288 g/mol. The maximum Gasteiger partial charge on any atom is 0.123 e. The lowest BCUT2D eigenvalue weighted by molar-refractivity contribution is 0.369. The molecule has 0 spiro atoms. The Labute approximate surface area is 137 Å². The summed E-state index contributed by atoms with van der Waals surface area (Å²) < 4.78 is 12.8. The van der Waals surface area contributed by atoms with Crippen LogP contribution in [0.1, 0.15) is 30.0 Å². The first-order valence-corrected chi connectivity index (χ1v) is 7.92. The van der Waals surface area contributed by atoms with E-state index in [4.69, 9.17) is 9.47 Å². The summed E-state index contributed by atoms with van der Waals surface area (Å²) in [5, 5.41) is 3.39. The summed E-state index contributed by atoms with van der Waals surface area (Å²) in [6.07, 6.45) is 6.62. The monoisotopic (exact) mass is 310 g/mol. The fourth-order valence-corrected chi connectivity index (χ4v) is 2.84. The third-order valence-corrected chi connectivity index (χ3v) is 4.15. The molecule has 0 unspecified atom stereocenters. The van der Waals surface area contributed by atoms with Gasteiger partial charge in [-0.05, 0) is 44.1 Å². The highest BCUT2D eigenvalue weighted by molar-refractivity contribution is 5.48. The fourth-order valence-electron chi connectivity index (χ4n) is 2.84. The highest BCUT2D eigenvalue weighted by Crippen LogP contribution is 2.22. The van der Waals surface area contributed by atoms with Crippen molar-refractivity contribution in [3.05, 3.63) is 47.8 Å². The zero-order valence-electron chi connectivity index (χ0n) is 13.6. The number of rotatable bonds is 3. The number of hydrogen-bond acceptors (Lipinski definition) is 3. The second-order valence-corrected chi connectivity index (χ2v) is 5.68. The van der Waals surface area contributed by atoms with E-state index in [-0.39, 0.29) is 0 Å². The summed E-state index contributed by atoms with van der Waals surface area (Å²) >= 11 is 0. The molecule has 0 saturated carbocycles. The SMILES string of the molecule is COc1cc(C#Cc2ccn(C3CCNCC3)c2)cc(OC)c1. The summed E-state index contributed by atoms with van der Waals surface area (Å²) in [7, 11) is 3.29. The van der Waals surface area contributed by atoms with Crippen molar-refractivity contribution in [3.63, 3.8) is 0 Å². The van der Waals surface area contributed by atoms with Gasteiger partial charge < -0.3 is 19.4 Å². The Morgan fingerprint density at radius 3 is 2.30 bits per heavy atom. The van der Waals surface area contributed by atoms with Gasteiger partial charge in [0.15, 0.2) is 0 Å². The van der Waals surface area contributed by atoms with Gasteiger partial charge in [-0.15, -0.1) is 0 Å². The smallest absolute Gasteiger partial charge is 0.123 e. The molecular formula is C19H22N2O2. The number of methoxy groups -OCH3 is 2. The van der Waals surface area contributed by atoms with Crippen molar-refractivity contribution in [2.45, 2.75) is 18.9 Å². The minimum absolute atomic E-state index is 0.587. The number of piperidine rings is 1. The van der Waals surface area contributed by atoms with Crippen LogP contribution in [0.2, 0.25) is 0 Å². The summed E-state index contributed by atoms with van der Waals surface area (Å²) in [4.78, 5) is 0. The molecule has 2 aromatic rings. The van der Waals surface area contributed by atoms with Gasteiger partial charge in [0, 0.05) is 35.6 Å². The van der Waals surface area contributed by atoms with Gasteiger partial charge in [-0.3, -0.25) is 0 Å². The Balaban J connectivity index is 1.77. The molecule has 0 bridgehead atoms. The molecule has 1 aromatic heterocycles. The van der Waals surface area contributed by atoms with Crippen molar-refractivity contribution in [1.29, 1.82) is 0 Å². The third kappa shape index (κ3) is 3.88. The van der Waals surface area contributed by atoms with Crippen molar-refractivity contribution in [3.8, 4) is 23.3 Å². The lowest BCUT2D eigenvalue weighted by Crippen LogP contribution is -2.28. The molecule has 120 valence electrons. The molecule has 1 aromatic carbocycles. The van der Waals surface area contributed by atoms with E-state index in [1.807, 2.05) is 18.2 Å². The van der Waals surface area contributed by atoms with Crippen LogP contribution in [0.5, 0.6) is 11.5 Å². The van der Waals surface area contributed by atoms with Gasteiger partial charge >= 0.3 is 0 Å². The average molecular weight is 310 g/mol. The molecule has 1 N–H and O–H groups in total. The van der Waals surface area contributed by atoms with Gasteiger partial charge in [0.05, 0.1) is 14.2 Å². The van der Waals surface area contributed by atoms with E-state index in [9.17, 15) is 0 Å². The number of benzene rings is 1. The van der Waals surface area contributed by atoms with Crippen LogP contribution in [-0.2, 0) is 0 Å². The average Bonchev–Trinajstić information content (AvgIpc) is 3.09. The maximum absolute atomic E-state index is 5.28. The van der Waals surface area contributed by atoms with Gasteiger partial charge in [0.2, 0.25) is 0 Å². The predicted octanol–water partition coefficient (Wildman–Crippen LogP) is 2.83. The molecule has 23 heavy (non-hydrogen) atoms. The van der Waals surface area contributed by atoms with Crippen LogP contribution in [0.25, 0.3) is 0 Å². The van der Waals surface area contributed by atoms with Crippen molar-refractivity contribution >= 4 is 0 Å². The van der Waals surface area contributed by atoms with E-state index in [1.54, 1.807) is 14.2 Å². The fraction of sp³-hybridized carbons (Fsp3) is 0.368. The first kappa shape index (κ1) is 15.5. The summed E-state index contributed by atoms with van der Waals surface area (Å²) in [5.74, 6) is 7.92. The van der Waals surface area contributed by atoms with Crippen molar-refractivity contribution in [2.24, 2.45) is 0 Å². The number of nitrogens with zero attached hydrogens (tertiary/aromatic N) is 1. The predicted molar refractivity (Wildman–Crippen MR) is 91.1 cm³/mol. The first-order valence-electron chi connectivity index (χ1n) is 7.92. The summed E-state index contributed by atoms with van der Waals surface area (Å²) in [6.45, 7) is 2.18. The standard InChI is InChI=1S/C19H22N2O2/c1-22-18-11-16(12-19(13-18)23-2)4-3-15-7-10-21(14-15)17-5-8-20-9-6-17/h7,10-14,17,20H,5-6,8-9H2,1-2H3. The van der Waals surface area contributed by atoms with E-state index >= 15 is 0 Å². The molecule has 2 heterocycles. The topological polar surface area (TPSA) is 35.4 Å². The van der Waals surface area contributed by atoms with Crippen molar-refractivity contribution in [2.75, 3.05) is 27.3 Å². The van der Waals surface area contributed by atoms with Gasteiger partial charge in [0.1, 0.15) is 11.5 Å². The van der Waals surface area contributed by atoms with Gasteiger partial charge in [0.25, 0.3) is 0 Å². The Kier molecular flexibility index (Phi) is 4.89. The first-order chi connectivity index (χ1) is 11.3. The van der Waals surface area contributed by atoms with Crippen molar-refractivity contribution in [1.82, 2.24) is 9.88 Å². The molecule has 3 rings (SSSR count). The molecule has 1 aliphatic rings. The molecule has 4 nitrogen and oxygen atoms in total.